The number of ether oxygens (including phenoxy) is 1. The van der Waals surface area contributed by atoms with E-state index in [0.717, 1.165) is 29.5 Å². The van der Waals surface area contributed by atoms with Gasteiger partial charge in [0, 0.05) is 11.9 Å². The molecule has 19 heavy (non-hydrogen) atoms. The van der Waals surface area contributed by atoms with Crippen LogP contribution in [0.25, 0.3) is 0 Å². The van der Waals surface area contributed by atoms with Gasteiger partial charge in [0.25, 0.3) is 0 Å². The number of rotatable bonds is 6. The van der Waals surface area contributed by atoms with Crippen molar-refractivity contribution < 1.29 is 4.74 Å². The van der Waals surface area contributed by atoms with Gasteiger partial charge in [-0.2, -0.15) is 0 Å². The van der Waals surface area contributed by atoms with Gasteiger partial charge in [0.15, 0.2) is 0 Å². The second-order valence-electron chi connectivity index (χ2n) is 4.55. The zero-order valence-electron chi connectivity index (χ0n) is 11.7. The van der Waals surface area contributed by atoms with E-state index in [1.54, 1.807) is 11.3 Å². The van der Waals surface area contributed by atoms with Gasteiger partial charge in [-0.15, -0.1) is 11.3 Å². The Labute approximate surface area is 118 Å². The predicted octanol–water partition coefficient (Wildman–Crippen LogP) is 3.45. The van der Waals surface area contributed by atoms with E-state index in [2.05, 4.69) is 48.6 Å². The number of aryl methyl sites for hydroxylation is 2. The van der Waals surface area contributed by atoms with E-state index in [9.17, 15) is 0 Å². The minimum absolute atomic E-state index is 0.533. The van der Waals surface area contributed by atoms with Gasteiger partial charge in [0.05, 0.1) is 5.69 Å². The molecule has 2 rings (SSSR count). The summed E-state index contributed by atoms with van der Waals surface area (Å²) in [6.45, 7) is 8.63. The van der Waals surface area contributed by atoms with Crippen LogP contribution in [0.2, 0.25) is 0 Å². The maximum Gasteiger partial charge on any atom is 0.131 e. The Balaban J connectivity index is 1.91. The lowest BCUT2D eigenvalue weighted by molar-refractivity contribution is 0.301. The van der Waals surface area contributed by atoms with Crippen LogP contribution in [0.15, 0.2) is 23.6 Å². The van der Waals surface area contributed by atoms with E-state index in [0.29, 0.717) is 6.61 Å². The molecule has 0 saturated heterocycles. The van der Waals surface area contributed by atoms with E-state index < -0.39 is 0 Å². The van der Waals surface area contributed by atoms with E-state index >= 15 is 0 Å². The van der Waals surface area contributed by atoms with Crippen LogP contribution in [-0.4, -0.2) is 11.5 Å². The first-order valence-corrected chi connectivity index (χ1v) is 7.41. The second-order valence-corrected chi connectivity index (χ2v) is 5.49. The van der Waals surface area contributed by atoms with Gasteiger partial charge in [-0.3, -0.25) is 0 Å². The Morgan fingerprint density at radius 2 is 2.11 bits per heavy atom. The highest BCUT2D eigenvalue weighted by molar-refractivity contribution is 7.09. The highest BCUT2D eigenvalue weighted by Crippen LogP contribution is 2.18. The number of nitrogens with zero attached hydrogens (tertiary/aromatic N) is 1. The van der Waals surface area contributed by atoms with Crippen molar-refractivity contribution in [2.45, 2.75) is 33.9 Å². The van der Waals surface area contributed by atoms with E-state index in [1.165, 1.54) is 11.1 Å². The molecule has 0 aliphatic rings. The number of hydrogen-bond acceptors (Lipinski definition) is 4. The molecule has 0 fully saturated rings. The third-order valence-corrected chi connectivity index (χ3v) is 3.89. The average molecular weight is 276 g/mol. The van der Waals surface area contributed by atoms with Gasteiger partial charge in [-0.25, -0.2) is 4.98 Å². The van der Waals surface area contributed by atoms with Gasteiger partial charge in [-0.1, -0.05) is 13.0 Å². The monoisotopic (exact) mass is 276 g/mol. The van der Waals surface area contributed by atoms with Crippen LogP contribution in [0.1, 0.15) is 28.8 Å². The Kier molecular flexibility index (Phi) is 4.93. The average Bonchev–Trinajstić information content (AvgIpc) is 2.86. The lowest BCUT2D eigenvalue weighted by atomic mass is 10.1. The molecular formula is C15H20N2OS. The predicted molar refractivity (Wildman–Crippen MR) is 79.7 cm³/mol. The fraction of sp³-hybridized carbons (Fsp3) is 0.400. The smallest absolute Gasteiger partial charge is 0.131 e. The first kappa shape index (κ1) is 14.0. The standard InChI is InChI=1S/C15H20N2OS/c1-4-16-8-15-17-13(10-19-15)9-18-14-6-5-11(2)12(3)7-14/h5-7,10,16H,4,8-9H2,1-3H3. The Hall–Kier alpha value is -1.39. The largest absolute Gasteiger partial charge is 0.487 e. The zero-order chi connectivity index (χ0) is 13.7. The summed E-state index contributed by atoms with van der Waals surface area (Å²) in [6, 6.07) is 6.16. The first-order valence-electron chi connectivity index (χ1n) is 6.53. The number of thiazole rings is 1. The van der Waals surface area contributed by atoms with E-state index in [4.69, 9.17) is 4.74 Å². The maximum atomic E-state index is 5.77. The second kappa shape index (κ2) is 6.68. The normalized spacial score (nSPS) is 10.7. The molecule has 0 saturated carbocycles. The summed E-state index contributed by atoms with van der Waals surface area (Å²) in [5.74, 6) is 0.907. The summed E-state index contributed by atoms with van der Waals surface area (Å²) < 4.78 is 5.77. The highest BCUT2D eigenvalue weighted by Gasteiger charge is 2.03. The number of benzene rings is 1. The van der Waals surface area contributed by atoms with Crippen molar-refractivity contribution in [2.24, 2.45) is 0 Å². The fourth-order valence-electron chi connectivity index (χ4n) is 1.69. The molecule has 0 aliphatic heterocycles. The van der Waals surface area contributed by atoms with Crippen molar-refractivity contribution >= 4 is 11.3 Å². The van der Waals surface area contributed by atoms with Crippen molar-refractivity contribution in [3.8, 4) is 5.75 Å². The molecule has 0 unspecified atom stereocenters. The third kappa shape index (κ3) is 4.04. The fourth-order valence-corrected chi connectivity index (χ4v) is 2.44. The molecule has 0 bridgehead atoms. The van der Waals surface area contributed by atoms with Gasteiger partial charge < -0.3 is 10.1 Å². The molecule has 0 aliphatic carbocycles. The highest BCUT2D eigenvalue weighted by atomic mass is 32.1. The van der Waals surface area contributed by atoms with Crippen molar-refractivity contribution in [3.05, 3.63) is 45.4 Å². The van der Waals surface area contributed by atoms with Crippen LogP contribution in [0, 0.1) is 13.8 Å². The summed E-state index contributed by atoms with van der Waals surface area (Å²) in [4.78, 5) is 4.53. The molecule has 1 N–H and O–H groups in total. The summed E-state index contributed by atoms with van der Waals surface area (Å²) in [6.07, 6.45) is 0. The van der Waals surface area contributed by atoms with Crippen molar-refractivity contribution in [3.63, 3.8) is 0 Å². The quantitative estimate of drug-likeness (QED) is 0.877. The van der Waals surface area contributed by atoms with E-state index in [-0.39, 0.29) is 0 Å². The summed E-state index contributed by atoms with van der Waals surface area (Å²) in [5, 5.41) is 6.45. The molecule has 3 nitrogen and oxygen atoms in total. The van der Waals surface area contributed by atoms with Crippen LogP contribution in [-0.2, 0) is 13.2 Å². The molecular weight excluding hydrogens is 256 g/mol. The van der Waals surface area contributed by atoms with Gasteiger partial charge in [0.2, 0.25) is 0 Å². The Morgan fingerprint density at radius 3 is 2.84 bits per heavy atom. The van der Waals surface area contributed by atoms with Gasteiger partial charge >= 0.3 is 0 Å². The van der Waals surface area contributed by atoms with Crippen LogP contribution < -0.4 is 10.1 Å². The first-order chi connectivity index (χ1) is 9.19. The molecule has 1 aromatic carbocycles. The molecule has 0 amide bonds. The minimum atomic E-state index is 0.533. The van der Waals surface area contributed by atoms with Crippen LogP contribution in [0.3, 0.4) is 0 Å². The Bertz CT molecular complexity index is 537. The van der Waals surface area contributed by atoms with Crippen molar-refractivity contribution in [1.82, 2.24) is 10.3 Å². The molecule has 0 spiro atoms. The molecule has 1 aromatic heterocycles. The molecule has 0 atom stereocenters. The third-order valence-electron chi connectivity index (χ3n) is 2.99. The maximum absolute atomic E-state index is 5.77. The molecule has 4 heteroatoms. The minimum Gasteiger partial charge on any atom is -0.487 e. The SMILES string of the molecule is CCNCc1nc(COc2ccc(C)c(C)c2)cs1. The lowest BCUT2D eigenvalue weighted by Gasteiger charge is -2.06. The zero-order valence-corrected chi connectivity index (χ0v) is 12.5. The number of hydrogen-bond donors (Lipinski definition) is 1. The van der Waals surface area contributed by atoms with Crippen molar-refractivity contribution in [2.75, 3.05) is 6.54 Å². The summed E-state index contributed by atoms with van der Waals surface area (Å²) in [7, 11) is 0. The molecule has 102 valence electrons. The number of aromatic nitrogens is 1. The van der Waals surface area contributed by atoms with E-state index in [1.807, 2.05) is 6.07 Å². The number of nitrogens with one attached hydrogen (secondary N) is 1. The van der Waals surface area contributed by atoms with Crippen molar-refractivity contribution in [1.29, 1.82) is 0 Å². The topological polar surface area (TPSA) is 34.2 Å². The molecule has 2 aromatic rings. The lowest BCUT2D eigenvalue weighted by Crippen LogP contribution is -2.11. The Morgan fingerprint density at radius 1 is 1.26 bits per heavy atom. The molecule has 1 heterocycles. The van der Waals surface area contributed by atoms with Gasteiger partial charge in [-0.05, 0) is 43.7 Å². The van der Waals surface area contributed by atoms with Crippen LogP contribution in [0.5, 0.6) is 5.75 Å². The van der Waals surface area contributed by atoms with Crippen LogP contribution >= 0.6 is 11.3 Å². The van der Waals surface area contributed by atoms with Crippen LogP contribution in [0.4, 0.5) is 0 Å². The summed E-state index contributed by atoms with van der Waals surface area (Å²) >= 11 is 1.68. The summed E-state index contributed by atoms with van der Waals surface area (Å²) in [5.41, 5.74) is 3.54. The van der Waals surface area contributed by atoms with Gasteiger partial charge in [0.1, 0.15) is 17.4 Å². The molecule has 0 radical (unpaired) electrons.